The zero-order valence-electron chi connectivity index (χ0n) is 13.9. The van der Waals surface area contributed by atoms with Gasteiger partial charge >= 0.3 is 0 Å². The zero-order valence-corrected chi connectivity index (χ0v) is 14.6. The molecule has 138 valence electrons. The van der Waals surface area contributed by atoms with Crippen molar-refractivity contribution in [2.24, 2.45) is 0 Å². The molecule has 7 nitrogen and oxygen atoms in total. The fraction of sp³-hybridized carbons (Fsp3) is 0.312. The van der Waals surface area contributed by atoms with E-state index in [0.29, 0.717) is 32.1 Å². The van der Waals surface area contributed by atoms with Crippen LogP contribution in [0.3, 0.4) is 0 Å². The first kappa shape index (κ1) is 18.3. The molecule has 1 aromatic heterocycles. The third kappa shape index (κ3) is 3.68. The Balaban J connectivity index is 1.84. The van der Waals surface area contributed by atoms with E-state index in [4.69, 9.17) is 16.3 Å². The highest BCUT2D eigenvalue weighted by molar-refractivity contribution is 6.32. The molecular formula is C16H16ClF2N5O2. The molecule has 1 aliphatic heterocycles. The quantitative estimate of drug-likeness (QED) is 0.845. The number of carbonyl (C=O) groups is 1. The molecule has 10 heteroatoms. The number of rotatable bonds is 4. The molecule has 0 bridgehead atoms. The standard InChI is InChI=1S/C16H16ClF2N5O2/c1-20-14-10(17)8-21-16(23-14)22-11-3-2-9(12(18)13(11)19)15(25)24-4-6-26-7-5-24/h2-3,8H,4-7H2,1H3,(H2,20,21,22,23). The van der Waals surface area contributed by atoms with Crippen LogP contribution in [-0.2, 0) is 4.74 Å². The molecule has 26 heavy (non-hydrogen) atoms. The van der Waals surface area contributed by atoms with E-state index in [1.54, 1.807) is 7.05 Å². The maximum Gasteiger partial charge on any atom is 0.257 e. The molecule has 2 heterocycles. The Morgan fingerprint density at radius 1 is 1.27 bits per heavy atom. The van der Waals surface area contributed by atoms with Crippen LogP contribution in [0.1, 0.15) is 10.4 Å². The normalized spacial score (nSPS) is 14.2. The predicted octanol–water partition coefficient (Wildman–Crippen LogP) is 2.67. The van der Waals surface area contributed by atoms with Gasteiger partial charge in [0.25, 0.3) is 5.91 Å². The number of carbonyl (C=O) groups excluding carboxylic acids is 1. The number of aromatic nitrogens is 2. The summed E-state index contributed by atoms with van der Waals surface area (Å²) < 4.78 is 34.0. The SMILES string of the molecule is CNc1nc(Nc2ccc(C(=O)N3CCOCC3)c(F)c2F)ncc1Cl. The summed E-state index contributed by atoms with van der Waals surface area (Å²) >= 11 is 5.88. The first-order valence-electron chi connectivity index (χ1n) is 7.83. The topological polar surface area (TPSA) is 79.4 Å². The van der Waals surface area contributed by atoms with Gasteiger partial charge in [-0.1, -0.05) is 11.6 Å². The number of nitrogens with one attached hydrogen (secondary N) is 2. The summed E-state index contributed by atoms with van der Waals surface area (Å²) in [7, 11) is 1.62. The van der Waals surface area contributed by atoms with Gasteiger partial charge in [-0.2, -0.15) is 4.98 Å². The summed E-state index contributed by atoms with van der Waals surface area (Å²) in [4.78, 5) is 21.7. The van der Waals surface area contributed by atoms with Crippen LogP contribution in [-0.4, -0.2) is 54.1 Å². The number of halogens is 3. The highest BCUT2D eigenvalue weighted by atomic mass is 35.5. The maximum atomic E-state index is 14.4. The maximum absolute atomic E-state index is 14.4. The first-order valence-corrected chi connectivity index (χ1v) is 8.21. The summed E-state index contributed by atoms with van der Waals surface area (Å²) in [5.74, 6) is -2.62. The van der Waals surface area contributed by atoms with Crippen LogP contribution in [0.4, 0.5) is 26.2 Å². The summed E-state index contributed by atoms with van der Waals surface area (Å²) in [5, 5.41) is 5.62. The molecule has 1 amide bonds. The molecule has 2 N–H and O–H groups in total. The second-order valence-electron chi connectivity index (χ2n) is 5.46. The van der Waals surface area contributed by atoms with Crippen LogP contribution >= 0.6 is 11.6 Å². The fourth-order valence-electron chi connectivity index (χ4n) is 2.47. The number of hydrogen-bond donors (Lipinski definition) is 2. The van der Waals surface area contributed by atoms with E-state index in [1.165, 1.54) is 23.2 Å². The van der Waals surface area contributed by atoms with E-state index in [9.17, 15) is 13.6 Å². The summed E-state index contributed by atoms with van der Waals surface area (Å²) in [6, 6.07) is 2.50. The second kappa shape index (κ2) is 7.79. The number of morpholine rings is 1. The Morgan fingerprint density at radius 2 is 2.00 bits per heavy atom. The molecule has 0 saturated carbocycles. The van der Waals surface area contributed by atoms with Crippen LogP contribution in [0.5, 0.6) is 0 Å². The van der Waals surface area contributed by atoms with Crippen molar-refractivity contribution >= 4 is 35.0 Å². The third-order valence-corrected chi connectivity index (χ3v) is 4.11. The molecule has 0 radical (unpaired) electrons. The second-order valence-corrected chi connectivity index (χ2v) is 5.87. The molecule has 0 spiro atoms. The average molecular weight is 384 g/mol. The molecule has 1 aromatic carbocycles. The van der Waals surface area contributed by atoms with Crippen molar-refractivity contribution in [2.75, 3.05) is 44.0 Å². The van der Waals surface area contributed by atoms with Crippen molar-refractivity contribution in [3.05, 3.63) is 40.6 Å². The van der Waals surface area contributed by atoms with Gasteiger partial charge < -0.3 is 20.3 Å². The lowest BCUT2D eigenvalue weighted by Crippen LogP contribution is -2.41. The van der Waals surface area contributed by atoms with Gasteiger partial charge in [0.2, 0.25) is 5.95 Å². The molecule has 1 fully saturated rings. The number of benzene rings is 1. The van der Waals surface area contributed by atoms with Gasteiger partial charge in [-0.05, 0) is 12.1 Å². The van der Waals surface area contributed by atoms with Crippen LogP contribution in [0, 0.1) is 11.6 Å². The Labute approximate surface area is 153 Å². The van der Waals surface area contributed by atoms with E-state index >= 15 is 0 Å². The molecular weight excluding hydrogens is 368 g/mol. The van der Waals surface area contributed by atoms with Gasteiger partial charge in [0.1, 0.15) is 10.8 Å². The van der Waals surface area contributed by atoms with Gasteiger partial charge in [0, 0.05) is 20.1 Å². The summed E-state index contributed by atoms with van der Waals surface area (Å²) in [6.07, 6.45) is 1.33. The number of anilines is 3. The molecule has 0 unspecified atom stereocenters. The van der Waals surface area contributed by atoms with Crippen LogP contribution in [0.25, 0.3) is 0 Å². The molecule has 2 aromatic rings. The predicted molar refractivity (Wildman–Crippen MR) is 93.0 cm³/mol. The average Bonchev–Trinajstić information content (AvgIpc) is 2.67. The lowest BCUT2D eigenvalue weighted by Gasteiger charge is -2.27. The van der Waals surface area contributed by atoms with Crippen molar-refractivity contribution in [3.8, 4) is 0 Å². The van der Waals surface area contributed by atoms with E-state index < -0.39 is 17.5 Å². The number of ether oxygens (including phenoxy) is 1. The van der Waals surface area contributed by atoms with E-state index in [1.807, 2.05) is 0 Å². The highest BCUT2D eigenvalue weighted by Crippen LogP contribution is 2.25. The minimum Gasteiger partial charge on any atom is -0.378 e. The third-order valence-electron chi connectivity index (χ3n) is 3.84. The Hall–Kier alpha value is -2.52. The van der Waals surface area contributed by atoms with E-state index in [0.717, 1.165) is 0 Å². The van der Waals surface area contributed by atoms with Gasteiger partial charge in [-0.3, -0.25) is 4.79 Å². The molecule has 0 aliphatic carbocycles. The lowest BCUT2D eigenvalue weighted by molar-refractivity contribution is 0.0299. The molecule has 0 atom stereocenters. The van der Waals surface area contributed by atoms with E-state index in [-0.39, 0.29) is 22.2 Å². The summed E-state index contributed by atoms with van der Waals surface area (Å²) in [5.41, 5.74) is -0.520. The molecule has 3 rings (SSSR count). The van der Waals surface area contributed by atoms with Crippen molar-refractivity contribution in [2.45, 2.75) is 0 Å². The van der Waals surface area contributed by atoms with Crippen LogP contribution in [0.2, 0.25) is 5.02 Å². The van der Waals surface area contributed by atoms with Crippen LogP contribution in [0.15, 0.2) is 18.3 Å². The van der Waals surface area contributed by atoms with Crippen molar-refractivity contribution in [1.29, 1.82) is 0 Å². The van der Waals surface area contributed by atoms with Gasteiger partial charge in [0.05, 0.1) is 30.7 Å². The Morgan fingerprint density at radius 3 is 2.69 bits per heavy atom. The van der Waals surface area contributed by atoms with E-state index in [2.05, 4.69) is 20.6 Å². The van der Waals surface area contributed by atoms with Gasteiger partial charge in [-0.15, -0.1) is 0 Å². The smallest absolute Gasteiger partial charge is 0.257 e. The summed E-state index contributed by atoms with van der Waals surface area (Å²) in [6.45, 7) is 1.42. The minimum atomic E-state index is -1.23. The first-order chi connectivity index (χ1) is 12.5. The van der Waals surface area contributed by atoms with Crippen molar-refractivity contribution in [1.82, 2.24) is 14.9 Å². The fourth-order valence-corrected chi connectivity index (χ4v) is 2.66. The Kier molecular flexibility index (Phi) is 5.48. The van der Waals surface area contributed by atoms with Gasteiger partial charge in [0.15, 0.2) is 11.6 Å². The number of amides is 1. The minimum absolute atomic E-state index is 0.0318. The molecule has 1 saturated heterocycles. The van der Waals surface area contributed by atoms with Gasteiger partial charge in [-0.25, -0.2) is 13.8 Å². The lowest BCUT2D eigenvalue weighted by atomic mass is 10.1. The number of hydrogen-bond acceptors (Lipinski definition) is 6. The zero-order chi connectivity index (χ0) is 18.7. The molecule has 1 aliphatic rings. The van der Waals surface area contributed by atoms with Crippen LogP contribution < -0.4 is 10.6 Å². The highest BCUT2D eigenvalue weighted by Gasteiger charge is 2.24. The van der Waals surface area contributed by atoms with Crippen molar-refractivity contribution < 1.29 is 18.3 Å². The monoisotopic (exact) mass is 383 g/mol. The Bertz CT molecular complexity index is 831. The van der Waals surface area contributed by atoms with Crippen molar-refractivity contribution in [3.63, 3.8) is 0 Å². The number of nitrogens with zero attached hydrogens (tertiary/aromatic N) is 3. The largest absolute Gasteiger partial charge is 0.378 e.